The fourth-order valence-corrected chi connectivity index (χ4v) is 4.47. The van der Waals surface area contributed by atoms with Gasteiger partial charge in [0.15, 0.2) is 4.34 Å². The van der Waals surface area contributed by atoms with Crippen molar-refractivity contribution >= 4 is 34.9 Å². The van der Waals surface area contributed by atoms with Gasteiger partial charge in [-0.2, -0.15) is 4.98 Å². The Morgan fingerprint density at radius 2 is 2.12 bits per heavy atom. The average Bonchev–Trinajstić information content (AvgIpc) is 2.96. The fourth-order valence-electron chi connectivity index (χ4n) is 2.64. The van der Waals surface area contributed by atoms with Crippen LogP contribution in [0.3, 0.4) is 0 Å². The molecule has 136 valence electrons. The predicted octanol–water partition coefficient (Wildman–Crippen LogP) is 2.50. The van der Waals surface area contributed by atoms with Crippen LogP contribution in [0.1, 0.15) is 35.9 Å². The molecule has 1 fully saturated rings. The molecule has 7 nitrogen and oxygen atoms in total. The Labute approximate surface area is 156 Å². The van der Waals surface area contributed by atoms with Crippen LogP contribution in [0.15, 0.2) is 10.4 Å². The van der Waals surface area contributed by atoms with Gasteiger partial charge in [0.25, 0.3) is 0 Å². The minimum absolute atomic E-state index is 0.320. The molecule has 0 atom stereocenters. The van der Waals surface area contributed by atoms with Crippen molar-refractivity contribution in [1.29, 1.82) is 0 Å². The van der Waals surface area contributed by atoms with Crippen molar-refractivity contribution < 1.29 is 0 Å². The second-order valence-corrected chi connectivity index (χ2v) is 9.04. The lowest BCUT2D eigenvalue weighted by molar-refractivity contribution is 0.345. The van der Waals surface area contributed by atoms with Crippen LogP contribution < -0.4 is 16.0 Å². The van der Waals surface area contributed by atoms with Crippen LogP contribution in [0.5, 0.6) is 0 Å². The normalized spacial score (nSPS) is 19.5. The number of nitrogens with zero attached hydrogens (tertiary/aromatic N) is 5. The lowest BCUT2D eigenvalue weighted by Gasteiger charge is -2.32. The number of nitrogens with one attached hydrogen (secondary N) is 1. The first kappa shape index (κ1) is 18.3. The maximum Gasteiger partial charge on any atom is 0.227 e. The van der Waals surface area contributed by atoms with Gasteiger partial charge in [-0.1, -0.05) is 23.1 Å². The van der Waals surface area contributed by atoms with Crippen molar-refractivity contribution in [3.63, 3.8) is 0 Å². The van der Waals surface area contributed by atoms with Gasteiger partial charge in [0.1, 0.15) is 10.8 Å². The molecule has 0 aromatic carbocycles. The lowest BCUT2D eigenvalue weighted by atomic mass is 9.78. The highest BCUT2D eigenvalue weighted by Crippen LogP contribution is 2.35. The minimum Gasteiger partial charge on any atom is -0.370 e. The van der Waals surface area contributed by atoms with Crippen molar-refractivity contribution in [3.05, 3.63) is 16.8 Å². The van der Waals surface area contributed by atoms with Gasteiger partial charge < -0.3 is 16.0 Å². The summed E-state index contributed by atoms with van der Waals surface area (Å²) in [5.41, 5.74) is 7.02. The Hall–Kier alpha value is -1.45. The Morgan fingerprint density at radius 1 is 1.32 bits per heavy atom. The van der Waals surface area contributed by atoms with Gasteiger partial charge in [0, 0.05) is 44.4 Å². The average molecular weight is 380 g/mol. The topological polar surface area (TPSA) is 92.8 Å². The molecule has 0 radical (unpaired) electrons. The molecule has 3 rings (SSSR count). The highest BCUT2D eigenvalue weighted by molar-refractivity contribution is 8.01. The zero-order chi connectivity index (χ0) is 17.8. The third-order valence-corrected chi connectivity index (χ3v) is 6.15. The van der Waals surface area contributed by atoms with Gasteiger partial charge in [0.2, 0.25) is 5.95 Å². The van der Waals surface area contributed by atoms with E-state index in [0.717, 1.165) is 58.4 Å². The van der Waals surface area contributed by atoms with Crippen LogP contribution in [0.2, 0.25) is 0 Å². The molecule has 0 spiro atoms. The smallest absolute Gasteiger partial charge is 0.227 e. The quantitative estimate of drug-likeness (QED) is 0.534. The lowest BCUT2D eigenvalue weighted by Crippen LogP contribution is -2.35. The first-order valence-corrected chi connectivity index (χ1v) is 10.3. The largest absolute Gasteiger partial charge is 0.370 e. The van der Waals surface area contributed by atoms with Crippen LogP contribution in [0, 0.1) is 6.92 Å². The van der Waals surface area contributed by atoms with Crippen LogP contribution in [0.25, 0.3) is 0 Å². The zero-order valence-electron chi connectivity index (χ0n) is 14.9. The summed E-state index contributed by atoms with van der Waals surface area (Å²) < 4.78 is 1.04. The van der Waals surface area contributed by atoms with Crippen molar-refractivity contribution in [2.24, 2.45) is 5.73 Å². The molecule has 0 amide bonds. The number of nitrogens with two attached hydrogens (primary N) is 1. The number of rotatable bonds is 8. The molecule has 25 heavy (non-hydrogen) atoms. The molecule has 1 saturated carbocycles. The van der Waals surface area contributed by atoms with E-state index in [1.807, 2.05) is 25.9 Å². The predicted molar refractivity (Wildman–Crippen MR) is 105 cm³/mol. The highest BCUT2D eigenvalue weighted by Gasteiger charge is 2.29. The summed E-state index contributed by atoms with van der Waals surface area (Å²) in [5, 5.41) is 12.6. The van der Waals surface area contributed by atoms with Gasteiger partial charge >= 0.3 is 0 Å². The monoisotopic (exact) mass is 379 g/mol. The maximum atomic E-state index is 5.92. The summed E-state index contributed by atoms with van der Waals surface area (Å²) >= 11 is 3.40. The Kier molecular flexibility index (Phi) is 6.08. The van der Waals surface area contributed by atoms with Crippen LogP contribution >= 0.6 is 23.1 Å². The van der Waals surface area contributed by atoms with E-state index < -0.39 is 0 Å². The molecule has 2 aromatic heterocycles. The first-order chi connectivity index (χ1) is 12.0. The number of thioether (sulfide) groups is 1. The highest BCUT2D eigenvalue weighted by atomic mass is 32.2. The van der Waals surface area contributed by atoms with Crippen LogP contribution in [0.4, 0.5) is 11.8 Å². The third-order valence-electron chi connectivity index (χ3n) is 4.09. The Bertz CT molecular complexity index is 698. The van der Waals surface area contributed by atoms with Crippen molar-refractivity contribution in [3.8, 4) is 0 Å². The van der Waals surface area contributed by atoms with E-state index in [1.165, 1.54) is 0 Å². The summed E-state index contributed by atoms with van der Waals surface area (Å²) in [7, 11) is 3.94. The van der Waals surface area contributed by atoms with E-state index in [1.54, 1.807) is 23.1 Å². The Balaban J connectivity index is 1.52. The summed E-state index contributed by atoms with van der Waals surface area (Å²) in [6, 6.07) is 2.39. The summed E-state index contributed by atoms with van der Waals surface area (Å²) in [5.74, 6) is 3.12. The number of aromatic nitrogens is 4. The van der Waals surface area contributed by atoms with Gasteiger partial charge in [-0.05, 0) is 26.2 Å². The van der Waals surface area contributed by atoms with Gasteiger partial charge in [-0.25, -0.2) is 4.98 Å². The fraction of sp³-hybridized carbons (Fsp3) is 0.625. The number of aryl methyl sites for hydroxylation is 1. The molecule has 9 heteroatoms. The van der Waals surface area contributed by atoms with Crippen molar-refractivity contribution in [1.82, 2.24) is 20.2 Å². The molecule has 0 saturated heterocycles. The standard InChI is InChI=1S/C16H25N7S2/c1-10-21-22-16(25-10)24-6-4-5-18-14-9-13(11-7-12(17)8-11)19-15(20-14)23(2)3/h9,11-12H,4-8,17H2,1-3H3,(H,18,19,20). The molecule has 0 aliphatic heterocycles. The van der Waals surface area contributed by atoms with Gasteiger partial charge in [-0.3, -0.25) is 0 Å². The molecule has 3 N–H and O–H groups in total. The van der Waals surface area contributed by atoms with E-state index in [-0.39, 0.29) is 0 Å². The summed E-state index contributed by atoms with van der Waals surface area (Å²) in [6.45, 7) is 2.85. The molecule has 1 aliphatic rings. The van der Waals surface area contributed by atoms with E-state index in [0.29, 0.717) is 12.0 Å². The van der Waals surface area contributed by atoms with Gasteiger partial charge in [0.05, 0.1) is 5.69 Å². The molecule has 1 aliphatic carbocycles. The van der Waals surface area contributed by atoms with Crippen molar-refractivity contribution in [2.45, 2.75) is 42.5 Å². The summed E-state index contributed by atoms with van der Waals surface area (Å²) in [6.07, 6.45) is 3.07. The van der Waals surface area contributed by atoms with Crippen molar-refractivity contribution in [2.75, 3.05) is 36.6 Å². The SMILES string of the molecule is Cc1nnc(SCCCNc2cc(C3CC(N)C3)nc(N(C)C)n2)s1. The number of hydrogen-bond donors (Lipinski definition) is 2. The molecule has 2 heterocycles. The second-order valence-electron chi connectivity index (χ2n) is 6.52. The maximum absolute atomic E-state index is 5.92. The van der Waals surface area contributed by atoms with E-state index in [2.05, 4.69) is 31.5 Å². The molecule has 0 bridgehead atoms. The number of hydrogen-bond acceptors (Lipinski definition) is 9. The van der Waals surface area contributed by atoms with E-state index >= 15 is 0 Å². The minimum atomic E-state index is 0.320. The summed E-state index contributed by atoms with van der Waals surface area (Å²) in [4.78, 5) is 11.2. The molecular weight excluding hydrogens is 354 g/mol. The van der Waals surface area contributed by atoms with Crippen LogP contribution in [-0.4, -0.2) is 52.6 Å². The number of anilines is 2. The Morgan fingerprint density at radius 3 is 2.76 bits per heavy atom. The molecule has 2 aromatic rings. The third kappa shape index (κ3) is 5.02. The van der Waals surface area contributed by atoms with E-state index in [9.17, 15) is 0 Å². The van der Waals surface area contributed by atoms with E-state index in [4.69, 9.17) is 5.73 Å². The zero-order valence-corrected chi connectivity index (χ0v) is 16.5. The second kappa shape index (κ2) is 8.29. The molecular formula is C16H25N7S2. The van der Waals surface area contributed by atoms with Crippen LogP contribution in [-0.2, 0) is 0 Å². The first-order valence-electron chi connectivity index (χ1n) is 8.50. The molecule has 0 unspecified atom stereocenters. The van der Waals surface area contributed by atoms with Gasteiger partial charge in [-0.15, -0.1) is 10.2 Å².